The van der Waals surface area contributed by atoms with Gasteiger partial charge in [-0.05, 0) is 0 Å². The van der Waals surface area contributed by atoms with Crippen LogP contribution in [0.5, 0.6) is 0 Å². The highest BCUT2D eigenvalue weighted by atomic mass is 32.2. The summed E-state index contributed by atoms with van der Waals surface area (Å²) in [6.45, 7) is 4.03. The molecule has 3 rings (SSSR count). The van der Waals surface area contributed by atoms with Gasteiger partial charge in [0.2, 0.25) is 11.6 Å². The molecule has 5 atom stereocenters. The van der Waals surface area contributed by atoms with Crippen molar-refractivity contribution in [3.8, 4) is 0 Å². The highest BCUT2D eigenvalue weighted by Gasteiger charge is 2.53. The summed E-state index contributed by atoms with van der Waals surface area (Å²) in [5.74, 6) is -4.38. The molecule has 0 amide bonds. The molecular formula is C25H26O12S. The number of benzene rings is 1. The molecule has 0 radical (unpaired) electrons. The zero-order chi connectivity index (χ0) is 28.1. The van der Waals surface area contributed by atoms with Gasteiger partial charge in [0.15, 0.2) is 24.1 Å². The second kappa shape index (κ2) is 12.2. The maximum Gasteiger partial charge on any atom is 0.303 e. The molecule has 0 bridgehead atoms. The van der Waals surface area contributed by atoms with Gasteiger partial charge in [0, 0.05) is 38.8 Å². The summed E-state index contributed by atoms with van der Waals surface area (Å²) in [6, 6.07) is 6.17. The molecule has 12 nitrogen and oxygen atoms in total. The van der Waals surface area contributed by atoms with E-state index in [2.05, 4.69) is 0 Å². The van der Waals surface area contributed by atoms with Gasteiger partial charge < -0.3 is 28.4 Å². The number of rotatable bonds is 8. The lowest BCUT2D eigenvalue weighted by atomic mass is 9.93. The molecule has 1 fully saturated rings. The number of hydrogen-bond donors (Lipinski definition) is 0. The van der Waals surface area contributed by atoms with Crippen molar-refractivity contribution in [2.24, 2.45) is 0 Å². The number of esters is 4. The van der Waals surface area contributed by atoms with E-state index in [0.717, 1.165) is 27.7 Å². The van der Waals surface area contributed by atoms with Crippen LogP contribution in [-0.2, 0) is 47.6 Å². The van der Waals surface area contributed by atoms with Crippen molar-refractivity contribution < 1.29 is 57.2 Å². The predicted molar refractivity (Wildman–Crippen MR) is 129 cm³/mol. The number of Topliss-reactive ketones (excluding diaryl/α,β-unsaturated/α-hetero) is 2. The Kier molecular flexibility index (Phi) is 9.28. The predicted octanol–water partition coefficient (Wildman–Crippen LogP) is 1.74. The standard InChI is InChI=1S/C25H26O12S/c1-11(26)33-10-17-20(34-12(2)27)22(35-13(3)28)23(36-14(4)29)25(37-17)38-24-19(31)16-9-7-6-8-15(16)18(30)21(24)32-5/h6-9,17,20,22-23,25H,10H2,1-5H3. The first-order valence-electron chi connectivity index (χ1n) is 11.4. The van der Waals surface area contributed by atoms with Crippen molar-refractivity contribution in [2.75, 3.05) is 13.7 Å². The molecule has 0 saturated carbocycles. The van der Waals surface area contributed by atoms with Gasteiger partial charge in [-0.3, -0.25) is 28.8 Å². The van der Waals surface area contributed by atoms with E-state index >= 15 is 0 Å². The van der Waals surface area contributed by atoms with E-state index < -0.39 is 71.9 Å². The molecule has 1 aromatic carbocycles. The van der Waals surface area contributed by atoms with Crippen molar-refractivity contribution in [1.82, 2.24) is 0 Å². The van der Waals surface area contributed by atoms with Crippen molar-refractivity contribution in [1.29, 1.82) is 0 Å². The van der Waals surface area contributed by atoms with Gasteiger partial charge in [-0.25, -0.2) is 0 Å². The van der Waals surface area contributed by atoms with Crippen molar-refractivity contribution >= 4 is 47.2 Å². The zero-order valence-electron chi connectivity index (χ0n) is 21.2. The summed E-state index contributed by atoms with van der Waals surface area (Å²) in [5.41, 5.74) is -1.01. The smallest absolute Gasteiger partial charge is 0.303 e. The molecule has 2 aliphatic rings. The van der Waals surface area contributed by atoms with Crippen LogP contribution in [0.15, 0.2) is 34.9 Å². The van der Waals surface area contributed by atoms with Crippen LogP contribution in [0, 0.1) is 0 Å². The van der Waals surface area contributed by atoms with Crippen LogP contribution in [0.2, 0.25) is 0 Å². The van der Waals surface area contributed by atoms with Crippen LogP contribution in [0.4, 0.5) is 0 Å². The second-order valence-electron chi connectivity index (χ2n) is 8.25. The third-order valence-electron chi connectivity index (χ3n) is 5.42. The molecule has 1 aliphatic carbocycles. The normalized spacial score (nSPS) is 24.7. The van der Waals surface area contributed by atoms with E-state index in [-0.39, 0.29) is 21.8 Å². The fourth-order valence-electron chi connectivity index (χ4n) is 4.02. The molecule has 13 heteroatoms. The Bertz CT molecular complexity index is 1190. The SMILES string of the molecule is COC1=C(SC2OC(COC(C)=O)C(OC(C)=O)C(OC(C)=O)C2OC(C)=O)C(=O)c2ccccc2C1=O. The number of fused-ring (bicyclic) bond motifs is 1. The molecule has 38 heavy (non-hydrogen) atoms. The van der Waals surface area contributed by atoms with Crippen LogP contribution in [0.3, 0.4) is 0 Å². The molecule has 0 N–H and O–H groups in total. The lowest BCUT2D eigenvalue weighted by Gasteiger charge is -2.44. The monoisotopic (exact) mass is 550 g/mol. The number of allylic oxidation sites excluding steroid dienone is 2. The number of hydrogen-bond acceptors (Lipinski definition) is 13. The zero-order valence-corrected chi connectivity index (χ0v) is 22.0. The highest BCUT2D eigenvalue weighted by Crippen LogP contribution is 2.41. The van der Waals surface area contributed by atoms with Crippen molar-refractivity contribution in [3.05, 3.63) is 46.1 Å². The van der Waals surface area contributed by atoms with E-state index in [0.29, 0.717) is 11.8 Å². The summed E-state index contributed by atoms with van der Waals surface area (Å²) in [5, 5.41) is 0. The van der Waals surface area contributed by atoms with Gasteiger partial charge >= 0.3 is 23.9 Å². The van der Waals surface area contributed by atoms with Crippen LogP contribution in [0.1, 0.15) is 48.4 Å². The number of carbonyl (C=O) groups is 6. The highest BCUT2D eigenvalue weighted by molar-refractivity contribution is 8.04. The largest absolute Gasteiger partial charge is 0.491 e. The van der Waals surface area contributed by atoms with E-state index in [9.17, 15) is 28.8 Å². The van der Waals surface area contributed by atoms with E-state index in [1.165, 1.54) is 19.2 Å². The van der Waals surface area contributed by atoms with Gasteiger partial charge in [-0.2, -0.15) is 0 Å². The Morgan fingerprint density at radius 2 is 1.32 bits per heavy atom. The van der Waals surface area contributed by atoms with Crippen molar-refractivity contribution in [3.63, 3.8) is 0 Å². The second-order valence-corrected chi connectivity index (χ2v) is 9.36. The van der Waals surface area contributed by atoms with Crippen LogP contribution in [0.25, 0.3) is 0 Å². The van der Waals surface area contributed by atoms with Crippen LogP contribution < -0.4 is 0 Å². The molecule has 1 aromatic rings. The quantitative estimate of drug-likeness (QED) is 0.341. The number of ether oxygens (including phenoxy) is 6. The van der Waals surface area contributed by atoms with Crippen LogP contribution in [-0.4, -0.2) is 79.0 Å². The third-order valence-corrected chi connectivity index (χ3v) is 6.64. The summed E-state index contributed by atoms with van der Waals surface area (Å²) < 4.78 is 32.5. The van der Waals surface area contributed by atoms with Crippen molar-refractivity contribution in [2.45, 2.75) is 57.5 Å². The molecule has 1 saturated heterocycles. The fourth-order valence-corrected chi connectivity index (χ4v) is 5.30. The number of ketones is 2. The summed E-state index contributed by atoms with van der Waals surface area (Å²) in [6.07, 6.45) is -5.38. The third kappa shape index (κ3) is 6.40. The minimum atomic E-state index is -1.42. The average molecular weight is 551 g/mol. The van der Waals surface area contributed by atoms with E-state index in [1.807, 2.05) is 0 Å². The average Bonchev–Trinajstić information content (AvgIpc) is 2.84. The van der Waals surface area contributed by atoms with Gasteiger partial charge in [0.1, 0.15) is 23.1 Å². The molecule has 204 valence electrons. The minimum Gasteiger partial charge on any atom is -0.491 e. The lowest BCUT2D eigenvalue weighted by molar-refractivity contribution is -0.237. The van der Waals surface area contributed by atoms with E-state index in [4.69, 9.17) is 28.4 Å². The maximum atomic E-state index is 13.4. The van der Waals surface area contributed by atoms with Crippen LogP contribution >= 0.6 is 11.8 Å². The Morgan fingerprint density at radius 1 is 0.789 bits per heavy atom. The molecule has 5 unspecified atom stereocenters. The van der Waals surface area contributed by atoms with Gasteiger partial charge in [-0.15, -0.1) is 0 Å². The molecular weight excluding hydrogens is 524 g/mol. The minimum absolute atomic E-state index is 0.131. The first-order chi connectivity index (χ1) is 17.9. The van der Waals surface area contributed by atoms with Gasteiger partial charge in [0.25, 0.3) is 0 Å². The Morgan fingerprint density at radius 3 is 1.84 bits per heavy atom. The summed E-state index contributed by atoms with van der Waals surface area (Å²) >= 11 is 0.702. The van der Waals surface area contributed by atoms with Gasteiger partial charge in [-0.1, -0.05) is 36.0 Å². The molecule has 0 aromatic heterocycles. The summed E-state index contributed by atoms with van der Waals surface area (Å²) in [7, 11) is 1.22. The molecule has 1 aliphatic heterocycles. The number of carbonyl (C=O) groups excluding carboxylic acids is 6. The lowest BCUT2D eigenvalue weighted by Crippen LogP contribution is -2.61. The Hall–Kier alpha value is -3.71. The fraction of sp³-hybridized carbons (Fsp3) is 0.440. The Balaban J connectivity index is 2.09. The molecule has 0 spiro atoms. The molecule has 1 heterocycles. The first kappa shape index (κ1) is 28.9. The van der Waals surface area contributed by atoms with E-state index in [1.54, 1.807) is 12.1 Å². The topological polar surface area (TPSA) is 158 Å². The first-order valence-corrected chi connectivity index (χ1v) is 12.3. The maximum absolute atomic E-state index is 13.4. The van der Waals surface area contributed by atoms with Gasteiger partial charge in [0.05, 0.1) is 7.11 Å². The number of methoxy groups -OCH3 is 1. The number of thioether (sulfide) groups is 1. The summed E-state index contributed by atoms with van der Waals surface area (Å²) in [4.78, 5) is 73.8. The Labute approximate surface area is 221 Å².